The molecule has 0 amide bonds. The molecule has 3 heterocycles. The minimum absolute atomic E-state index is 0.521. The first-order valence-corrected chi connectivity index (χ1v) is 10.7. The molecule has 1 atom stereocenters. The topological polar surface area (TPSA) is 19.4 Å². The fraction of sp³-hybridized carbons (Fsp3) is 0.542. The Balaban J connectivity index is 1.28. The molecule has 0 bridgehead atoms. The van der Waals surface area contributed by atoms with E-state index in [9.17, 15) is 0 Å². The molecule has 2 aliphatic heterocycles. The maximum Gasteiger partial charge on any atom is 0.0312 e. The Labute approximate surface area is 163 Å². The van der Waals surface area contributed by atoms with Crippen molar-refractivity contribution in [3.05, 3.63) is 66.0 Å². The molecule has 0 N–H and O–H groups in total. The molecule has 142 valence electrons. The van der Waals surface area contributed by atoms with E-state index < -0.39 is 0 Å². The highest BCUT2D eigenvalue weighted by atomic mass is 15.2. The highest BCUT2D eigenvalue weighted by Crippen LogP contribution is 2.47. The predicted molar refractivity (Wildman–Crippen MR) is 110 cm³/mol. The Morgan fingerprint density at radius 1 is 1.00 bits per heavy atom. The smallest absolute Gasteiger partial charge is 0.0312 e. The van der Waals surface area contributed by atoms with E-state index in [1.54, 1.807) is 5.56 Å². The molecule has 1 unspecified atom stereocenters. The van der Waals surface area contributed by atoms with Crippen molar-refractivity contribution >= 4 is 0 Å². The van der Waals surface area contributed by atoms with Crippen molar-refractivity contribution in [1.29, 1.82) is 0 Å². The van der Waals surface area contributed by atoms with Crippen LogP contribution in [-0.4, -0.2) is 47.0 Å². The summed E-state index contributed by atoms with van der Waals surface area (Å²) in [5, 5.41) is 0. The number of hydrogen-bond donors (Lipinski definition) is 0. The Kier molecular flexibility index (Phi) is 4.75. The second-order valence-corrected chi connectivity index (χ2v) is 9.11. The number of aromatic nitrogens is 1. The van der Waals surface area contributed by atoms with E-state index in [-0.39, 0.29) is 0 Å². The molecular formula is C24H31N3. The molecule has 3 nitrogen and oxygen atoms in total. The van der Waals surface area contributed by atoms with Crippen molar-refractivity contribution in [3.63, 3.8) is 0 Å². The monoisotopic (exact) mass is 361 g/mol. The zero-order valence-electron chi connectivity index (χ0n) is 16.3. The summed E-state index contributed by atoms with van der Waals surface area (Å²) >= 11 is 0. The standard InChI is InChI=1S/C24H31N3/c1-2-6-21(7-3-1)22-15-24(19-27(18-22)23-8-9-23)10-13-26(14-11-24)17-20-5-4-12-25-16-20/h1-7,12,16,22-23H,8-11,13-15,17-19H2. The molecule has 3 heteroatoms. The van der Waals surface area contributed by atoms with Crippen LogP contribution in [0.5, 0.6) is 0 Å². The zero-order valence-corrected chi connectivity index (χ0v) is 16.3. The number of hydrogen-bond acceptors (Lipinski definition) is 3. The molecule has 1 saturated carbocycles. The third kappa shape index (κ3) is 3.95. The lowest BCUT2D eigenvalue weighted by atomic mass is 9.68. The van der Waals surface area contributed by atoms with Gasteiger partial charge in [0.1, 0.15) is 0 Å². The second kappa shape index (κ2) is 7.37. The molecule has 1 aromatic carbocycles. The SMILES string of the molecule is c1ccc(C2CN(C3CC3)CC3(CCN(Cc4cccnc4)CC3)C2)cc1. The van der Waals surface area contributed by atoms with Gasteiger partial charge >= 0.3 is 0 Å². The molecule has 3 fully saturated rings. The van der Waals surface area contributed by atoms with Gasteiger partial charge in [-0.25, -0.2) is 0 Å². The van der Waals surface area contributed by atoms with Crippen molar-refractivity contribution in [2.45, 2.75) is 50.6 Å². The maximum absolute atomic E-state index is 4.28. The summed E-state index contributed by atoms with van der Waals surface area (Å²) in [4.78, 5) is 9.76. The average molecular weight is 362 g/mol. The predicted octanol–water partition coefficient (Wildman–Crippen LogP) is 4.32. The van der Waals surface area contributed by atoms with Crippen LogP contribution in [-0.2, 0) is 6.54 Å². The summed E-state index contributed by atoms with van der Waals surface area (Å²) in [6.07, 6.45) is 10.8. The third-order valence-electron chi connectivity index (χ3n) is 7.05. The summed E-state index contributed by atoms with van der Waals surface area (Å²) < 4.78 is 0. The van der Waals surface area contributed by atoms with Crippen LogP contribution in [0.2, 0.25) is 0 Å². The van der Waals surface area contributed by atoms with Crippen molar-refractivity contribution in [2.24, 2.45) is 5.41 Å². The fourth-order valence-electron chi connectivity index (χ4n) is 5.39. The van der Waals surface area contributed by atoms with E-state index in [1.165, 1.54) is 63.8 Å². The first kappa shape index (κ1) is 17.4. The van der Waals surface area contributed by atoms with Gasteiger partial charge in [-0.3, -0.25) is 14.8 Å². The van der Waals surface area contributed by atoms with Gasteiger partial charge in [0.15, 0.2) is 0 Å². The highest BCUT2D eigenvalue weighted by molar-refractivity contribution is 5.22. The molecule has 27 heavy (non-hydrogen) atoms. The van der Waals surface area contributed by atoms with Crippen LogP contribution in [0.1, 0.15) is 49.1 Å². The van der Waals surface area contributed by atoms with Crippen molar-refractivity contribution < 1.29 is 0 Å². The van der Waals surface area contributed by atoms with E-state index in [0.717, 1.165) is 12.6 Å². The average Bonchev–Trinajstić information content (AvgIpc) is 3.57. The Bertz CT molecular complexity index is 733. The van der Waals surface area contributed by atoms with E-state index in [1.807, 2.05) is 12.4 Å². The lowest BCUT2D eigenvalue weighted by Gasteiger charge is -2.50. The van der Waals surface area contributed by atoms with Crippen LogP contribution in [0.25, 0.3) is 0 Å². The Morgan fingerprint density at radius 2 is 1.81 bits per heavy atom. The molecule has 2 aromatic rings. The number of piperidine rings is 2. The number of nitrogens with zero attached hydrogens (tertiary/aromatic N) is 3. The molecule has 1 spiro atoms. The highest BCUT2D eigenvalue weighted by Gasteiger charge is 2.45. The summed E-state index contributed by atoms with van der Waals surface area (Å²) in [5.41, 5.74) is 3.42. The molecule has 0 radical (unpaired) electrons. The van der Waals surface area contributed by atoms with E-state index in [2.05, 4.69) is 57.2 Å². The quantitative estimate of drug-likeness (QED) is 0.809. The second-order valence-electron chi connectivity index (χ2n) is 9.11. The lowest BCUT2D eigenvalue weighted by molar-refractivity contribution is 0.00829. The normalized spacial score (nSPS) is 26.3. The molecule has 2 saturated heterocycles. The van der Waals surface area contributed by atoms with Crippen LogP contribution in [0, 0.1) is 5.41 Å². The van der Waals surface area contributed by atoms with Crippen LogP contribution in [0.15, 0.2) is 54.9 Å². The number of likely N-dealkylation sites (tertiary alicyclic amines) is 2. The van der Waals surface area contributed by atoms with Gasteiger partial charge in [-0.1, -0.05) is 36.4 Å². The van der Waals surface area contributed by atoms with Crippen molar-refractivity contribution in [2.75, 3.05) is 26.2 Å². The van der Waals surface area contributed by atoms with E-state index in [4.69, 9.17) is 0 Å². The first-order valence-electron chi connectivity index (χ1n) is 10.7. The van der Waals surface area contributed by atoms with Crippen LogP contribution in [0.4, 0.5) is 0 Å². The van der Waals surface area contributed by atoms with Gasteiger partial charge in [0.25, 0.3) is 0 Å². The Morgan fingerprint density at radius 3 is 2.52 bits per heavy atom. The van der Waals surface area contributed by atoms with Gasteiger partial charge in [0.2, 0.25) is 0 Å². The molecule has 1 aromatic heterocycles. The Hall–Kier alpha value is -1.71. The zero-order chi connectivity index (χ0) is 18.1. The lowest BCUT2D eigenvalue weighted by Crippen LogP contribution is -2.52. The number of benzene rings is 1. The summed E-state index contributed by atoms with van der Waals surface area (Å²) in [7, 11) is 0. The molecule has 1 aliphatic carbocycles. The van der Waals surface area contributed by atoms with E-state index in [0.29, 0.717) is 11.3 Å². The van der Waals surface area contributed by atoms with Crippen molar-refractivity contribution in [1.82, 2.24) is 14.8 Å². The minimum Gasteiger partial charge on any atom is -0.299 e. The number of pyridine rings is 1. The molecule has 3 aliphatic rings. The summed E-state index contributed by atoms with van der Waals surface area (Å²) in [6.45, 7) is 6.12. The first-order chi connectivity index (χ1) is 13.3. The van der Waals surface area contributed by atoms with Gasteiger partial charge in [-0.15, -0.1) is 0 Å². The van der Waals surface area contributed by atoms with Gasteiger partial charge in [0, 0.05) is 38.1 Å². The van der Waals surface area contributed by atoms with Crippen molar-refractivity contribution in [3.8, 4) is 0 Å². The van der Waals surface area contributed by atoms with Crippen LogP contribution < -0.4 is 0 Å². The number of rotatable bonds is 4. The summed E-state index contributed by atoms with van der Waals surface area (Å²) in [6, 6.07) is 16.4. The van der Waals surface area contributed by atoms with Gasteiger partial charge < -0.3 is 0 Å². The molecule has 5 rings (SSSR count). The summed E-state index contributed by atoms with van der Waals surface area (Å²) in [5.74, 6) is 0.713. The largest absolute Gasteiger partial charge is 0.299 e. The van der Waals surface area contributed by atoms with Gasteiger partial charge in [-0.05, 0) is 73.7 Å². The maximum atomic E-state index is 4.28. The van der Waals surface area contributed by atoms with Gasteiger partial charge in [0.05, 0.1) is 0 Å². The third-order valence-corrected chi connectivity index (χ3v) is 7.05. The van der Waals surface area contributed by atoms with Crippen LogP contribution >= 0.6 is 0 Å². The van der Waals surface area contributed by atoms with E-state index >= 15 is 0 Å². The minimum atomic E-state index is 0.521. The fourth-order valence-corrected chi connectivity index (χ4v) is 5.39. The van der Waals surface area contributed by atoms with Gasteiger partial charge in [-0.2, -0.15) is 0 Å². The molecular weight excluding hydrogens is 330 g/mol. The van der Waals surface area contributed by atoms with Crippen LogP contribution in [0.3, 0.4) is 0 Å².